The van der Waals surface area contributed by atoms with E-state index >= 15 is 0 Å². The molecule has 118 valence electrons. The number of nitrogens with zero attached hydrogens (tertiary/aromatic N) is 1. The van der Waals surface area contributed by atoms with Crippen LogP contribution in [0.4, 0.5) is 0 Å². The molecule has 5 heteroatoms. The molecule has 1 heterocycles. The Morgan fingerprint density at radius 3 is 2.60 bits per heavy atom. The first-order valence-electron chi connectivity index (χ1n) is 7.58. The number of nitrogens with one attached hydrogen (secondary N) is 1. The number of hydrogen-bond acceptors (Lipinski definition) is 4. The van der Waals surface area contributed by atoms with Crippen LogP contribution >= 0.6 is 0 Å². The molecule has 2 atom stereocenters. The Bertz CT molecular complexity index is 302. The SMILES string of the molecule is CC(C)(C)CNC1CC(CCO)CN(CCC(=O)O)C1. The van der Waals surface area contributed by atoms with Gasteiger partial charge in [0.1, 0.15) is 0 Å². The summed E-state index contributed by atoms with van der Waals surface area (Å²) in [4.78, 5) is 12.9. The first-order valence-corrected chi connectivity index (χ1v) is 7.58. The van der Waals surface area contributed by atoms with Gasteiger partial charge in [0, 0.05) is 38.8 Å². The molecular weight excluding hydrogens is 256 g/mol. The lowest BCUT2D eigenvalue weighted by Gasteiger charge is -2.39. The highest BCUT2D eigenvalue weighted by Crippen LogP contribution is 2.21. The monoisotopic (exact) mass is 286 g/mol. The molecule has 1 fully saturated rings. The van der Waals surface area contributed by atoms with Crippen molar-refractivity contribution in [3.05, 3.63) is 0 Å². The second-order valence-corrected chi connectivity index (χ2v) is 7.16. The largest absolute Gasteiger partial charge is 0.481 e. The summed E-state index contributed by atoms with van der Waals surface area (Å²) in [6.07, 6.45) is 2.06. The van der Waals surface area contributed by atoms with Gasteiger partial charge in [-0.1, -0.05) is 20.8 Å². The molecule has 20 heavy (non-hydrogen) atoms. The molecule has 0 aromatic carbocycles. The number of piperidine rings is 1. The van der Waals surface area contributed by atoms with Crippen LogP contribution < -0.4 is 5.32 Å². The van der Waals surface area contributed by atoms with Crippen molar-refractivity contribution in [1.82, 2.24) is 10.2 Å². The van der Waals surface area contributed by atoms with E-state index in [0.717, 1.165) is 32.5 Å². The van der Waals surface area contributed by atoms with Gasteiger partial charge in [-0.2, -0.15) is 0 Å². The zero-order chi connectivity index (χ0) is 15.2. The molecule has 1 saturated heterocycles. The average Bonchev–Trinajstić information content (AvgIpc) is 2.33. The van der Waals surface area contributed by atoms with Crippen LogP contribution in [-0.4, -0.2) is 59.9 Å². The minimum absolute atomic E-state index is 0.192. The van der Waals surface area contributed by atoms with Gasteiger partial charge in [-0.3, -0.25) is 4.79 Å². The summed E-state index contributed by atoms with van der Waals surface area (Å²) in [5, 5.41) is 21.5. The van der Waals surface area contributed by atoms with Crippen molar-refractivity contribution in [2.24, 2.45) is 11.3 Å². The Labute approximate surface area is 122 Å². The lowest BCUT2D eigenvalue weighted by Crippen LogP contribution is -2.51. The molecular formula is C15H30N2O3. The van der Waals surface area contributed by atoms with Gasteiger partial charge < -0.3 is 20.4 Å². The van der Waals surface area contributed by atoms with Crippen molar-refractivity contribution in [3.8, 4) is 0 Å². The maximum Gasteiger partial charge on any atom is 0.304 e. The highest BCUT2D eigenvalue weighted by Gasteiger charge is 2.27. The zero-order valence-corrected chi connectivity index (χ0v) is 13.1. The quantitative estimate of drug-likeness (QED) is 0.655. The third-order valence-electron chi connectivity index (χ3n) is 3.71. The summed E-state index contributed by atoms with van der Waals surface area (Å²) in [7, 11) is 0. The molecule has 0 aromatic heterocycles. The highest BCUT2D eigenvalue weighted by molar-refractivity contribution is 5.66. The molecule has 0 saturated carbocycles. The summed E-state index contributed by atoms with van der Waals surface area (Å²) < 4.78 is 0. The Morgan fingerprint density at radius 1 is 1.35 bits per heavy atom. The number of likely N-dealkylation sites (tertiary alicyclic amines) is 1. The van der Waals surface area contributed by atoms with E-state index in [1.54, 1.807) is 0 Å². The van der Waals surface area contributed by atoms with E-state index in [2.05, 4.69) is 31.0 Å². The van der Waals surface area contributed by atoms with E-state index in [1.165, 1.54) is 0 Å². The minimum Gasteiger partial charge on any atom is -0.481 e. The van der Waals surface area contributed by atoms with Gasteiger partial charge in [0.05, 0.1) is 6.42 Å². The normalized spacial score (nSPS) is 24.8. The van der Waals surface area contributed by atoms with Gasteiger partial charge in [-0.15, -0.1) is 0 Å². The number of carbonyl (C=O) groups is 1. The molecule has 5 nitrogen and oxygen atoms in total. The highest BCUT2D eigenvalue weighted by atomic mass is 16.4. The van der Waals surface area contributed by atoms with Crippen LogP contribution in [0.5, 0.6) is 0 Å². The fourth-order valence-corrected chi connectivity index (χ4v) is 2.73. The number of carboxylic acid groups (broad SMARTS) is 1. The molecule has 2 unspecified atom stereocenters. The summed E-state index contributed by atoms with van der Waals surface area (Å²) >= 11 is 0. The van der Waals surface area contributed by atoms with Crippen molar-refractivity contribution < 1.29 is 15.0 Å². The lowest BCUT2D eigenvalue weighted by atomic mass is 9.90. The van der Waals surface area contributed by atoms with Gasteiger partial charge in [-0.05, 0) is 24.2 Å². The first-order chi connectivity index (χ1) is 9.30. The van der Waals surface area contributed by atoms with E-state index in [9.17, 15) is 4.79 Å². The summed E-state index contributed by atoms with van der Waals surface area (Å²) in [5.74, 6) is -0.284. The molecule has 1 aliphatic heterocycles. The number of aliphatic hydroxyl groups is 1. The van der Waals surface area contributed by atoms with Gasteiger partial charge in [0.2, 0.25) is 0 Å². The van der Waals surface area contributed by atoms with Gasteiger partial charge >= 0.3 is 5.97 Å². The fourth-order valence-electron chi connectivity index (χ4n) is 2.73. The number of aliphatic carboxylic acids is 1. The van der Waals surface area contributed by atoms with Crippen molar-refractivity contribution in [3.63, 3.8) is 0 Å². The average molecular weight is 286 g/mol. The summed E-state index contributed by atoms with van der Waals surface area (Å²) in [6, 6.07) is 0.397. The number of rotatable bonds is 7. The van der Waals surface area contributed by atoms with E-state index in [0.29, 0.717) is 18.5 Å². The van der Waals surface area contributed by atoms with Gasteiger partial charge in [0.25, 0.3) is 0 Å². The standard InChI is InChI=1S/C15H30N2O3/c1-15(2,3)11-16-13-8-12(5-7-18)9-17(10-13)6-4-14(19)20/h12-13,16,18H,4-11H2,1-3H3,(H,19,20). The molecule has 0 amide bonds. The van der Waals surface area contributed by atoms with E-state index < -0.39 is 5.97 Å². The minimum atomic E-state index is -0.742. The number of aliphatic hydroxyl groups excluding tert-OH is 1. The fraction of sp³-hybridized carbons (Fsp3) is 0.933. The van der Waals surface area contributed by atoms with E-state index in [1.807, 2.05) is 0 Å². The Balaban J connectivity index is 2.49. The third-order valence-corrected chi connectivity index (χ3v) is 3.71. The molecule has 0 aromatic rings. The van der Waals surface area contributed by atoms with Crippen LogP contribution in [0.15, 0.2) is 0 Å². The Hall–Kier alpha value is -0.650. The van der Waals surface area contributed by atoms with Crippen LogP contribution in [0.25, 0.3) is 0 Å². The molecule has 0 spiro atoms. The maximum atomic E-state index is 10.7. The molecule has 0 radical (unpaired) electrons. The van der Waals surface area contributed by atoms with E-state index in [4.69, 9.17) is 10.2 Å². The third kappa shape index (κ3) is 7.22. The Morgan fingerprint density at radius 2 is 2.05 bits per heavy atom. The number of hydrogen-bond donors (Lipinski definition) is 3. The summed E-state index contributed by atoms with van der Waals surface area (Å²) in [5.41, 5.74) is 0.246. The smallest absolute Gasteiger partial charge is 0.304 e. The zero-order valence-electron chi connectivity index (χ0n) is 13.1. The van der Waals surface area contributed by atoms with Crippen molar-refractivity contribution in [2.75, 3.05) is 32.8 Å². The second-order valence-electron chi connectivity index (χ2n) is 7.16. The van der Waals surface area contributed by atoms with E-state index in [-0.39, 0.29) is 18.4 Å². The van der Waals surface area contributed by atoms with Crippen LogP contribution in [0.1, 0.15) is 40.0 Å². The molecule has 0 aliphatic carbocycles. The topological polar surface area (TPSA) is 72.8 Å². The van der Waals surface area contributed by atoms with Crippen molar-refractivity contribution in [1.29, 1.82) is 0 Å². The maximum absolute atomic E-state index is 10.7. The predicted octanol–water partition coefficient (Wildman–Crippen LogP) is 1.17. The van der Waals surface area contributed by atoms with Crippen LogP contribution in [0.2, 0.25) is 0 Å². The lowest BCUT2D eigenvalue weighted by molar-refractivity contribution is -0.137. The van der Waals surface area contributed by atoms with Crippen LogP contribution in [-0.2, 0) is 4.79 Å². The molecule has 0 bridgehead atoms. The van der Waals surface area contributed by atoms with Gasteiger partial charge in [0.15, 0.2) is 0 Å². The molecule has 1 aliphatic rings. The Kier molecular flexibility index (Phi) is 6.92. The molecule has 1 rings (SSSR count). The first kappa shape index (κ1) is 17.4. The van der Waals surface area contributed by atoms with Crippen molar-refractivity contribution >= 4 is 5.97 Å². The number of carboxylic acids is 1. The summed E-state index contributed by atoms with van der Waals surface area (Å²) in [6.45, 7) is 10.2. The van der Waals surface area contributed by atoms with Gasteiger partial charge in [-0.25, -0.2) is 0 Å². The second kappa shape index (κ2) is 7.96. The molecule has 3 N–H and O–H groups in total. The van der Waals surface area contributed by atoms with Crippen LogP contribution in [0, 0.1) is 11.3 Å². The van der Waals surface area contributed by atoms with Crippen molar-refractivity contribution in [2.45, 2.75) is 46.1 Å². The van der Waals surface area contributed by atoms with Crippen LogP contribution in [0.3, 0.4) is 0 Å². The predicted molar refractivity (Wildman–Crippen MR) is 79.7 cm³/mol.